The van der Waals surface area contributed by atoms with Gasteiger partial charge in [-0.05, 0) is 19.9 Å². The molecule has 0 unspecified atom stereocenters. The van der Waals surface area contributed by atoms with Crippen molar-refractivity contribution in [3.8, 4) is 11.8 Å². The molecule has 0 aliphatic carbocycles. The van der Waals surface area contributed by atoms with E-state index >= 15 is 0 Å². The van der Waals surface area contributed by atoms with E-state index in [2.05, 4.69) is 27.2 Å². The summed E-state index contributed by atoms with van der Waals surface area (Å²) >= 11 is 0. The van der Waals surface area contributed by atoms with Crippen molar-refractivity contribution in [1.82, 2.24) is 14.8 Å². The van der Waals surface area contributed by atoms with Gasteiger partial charge in [0.1, 0.15) is 0 Å². The summed E-state index contributed by atoms with van der Waals surface area (Å²) in [4.78, 5) is 16.3. The van der Waals surface area contributed by atoms with E-state index in [9.17, 15) is 4.79 Å². The lowest BCUT2D eigenvalue weighted by Gasteiger charge is -2.05. The maximum absolute atomic E-state index is 12.3. The van der Waals surface area contributed by atoms with Crippen LogP contribution >= 0.6 is 0 Å². The van der Waals surface area contributed by atoms with Crippen molar-refractivity contribution in [3.05, 3.63) is 42.0 Å². The summed E-state index contributed by atoms with van der Waals surface area (Å²) in [6.45, 7) is 4.26. The lowest BCUT2D eigenvalue weighted by Crippen LogP contribution is -2.13. The Morgan fingerprint density at radius 1 is 1.48 bits per heavy atom. The van der Waals surface area contributed by atoms with E-state index in [-0.39, 0.29) is 18.5 Å². The Balaban J connectivity index is 2.20. The Morgan fingerprint density at radius 3 is 2.95 bits per heavy atom. The zero-order valence-electron chi connectivity index (χ0n) is 12.0. The summed E-state index contributed by atoms with van der Waals surface area (Å²) in [6.07, 6.45) is 6.51. The Morgan fingerprint density at radius 2 is 2.29 bits per heavy atom. The van der Waals surface area contributed by atoms with Gasteiger partial charge < -0.3 is 11.1 Å². The fourth-order valence-electron chi connectivity index (χ4n) is 1.72. The summed E-state index contributed by atoms with van der Waals surface area (Å²) in [7, 11) is 0. The van der Waals surface area contributed by atoms with E-state index in [1.807, 2.05) is 13.8 Å². The number of nitrogens with zero attached hydrogens (tertiary/aromatic N) is 3. The maximum Gasteiger partial charge on any atom is 0.257 e. The van der Waals surface area contributed by atoms with Crippen molar-refractivity contribution in [2.75, 3.05) is 11.9 Å². The van der Waals surface area contributed by atoms with Crippen LogP contribution in [0.1, 0.15) is 35.8 Å². The summed E-state index contributed by atoms with van der Waals surface area (Å²) in [5, 5.41) is 6.98. The molecule has 0 spiro atoms. The highest BCUT2D eigenvalue weighted by Crippen LogP contribution is 2.13. The fraction of sp³-hybridized carbons (Fsp3) is 0.267. The molecule has 0 aromatic carbocycles. The van der Waals surface area contributed by atoms with Gasteiger partial charge in [-0.25, -0.2) is 0 Å². The number of nitrogens with one attached hydrogen (secondary N) is 1. The van der Waals surface area contributed by atoms with Crippen molar-refractivity contribution in [1.29, 1.82) is 0 Å². The average molecular weight is 283 g/mol. The third-order valence-electron chi connectivity index (χ3n) is 2.78. The molecule has 0 saturated carbocycles. The number of rotatable bonds is 3. The van der Waals surface area contributed by atoms with Crippen molar-refractivity contribution in [2.24, 2.45) is 5.73 Å². The molecule has 0 atom stereocenters. The highest BCUT2D eigenvalue weighted by atomic mass is 16.1. The minimum atomic E-state index is -0.248. The molecule has 21 heavy (non-hydrogen) atoms. The van der Waals surface area contributed by atoms with Gasteiger partial charge in [-0.1, -0.05) is 11.8 Å². The van der Waals surface area contributed by atoms with Gasteiger partial charge in [0.25, 0.3) is 5.91 Å². The van der Waals surface area contributed by atoms with E-state index in [1.54, 1.807) is 35.5 Å². The SMILES string of the molecule is CC(C)n1cc(NC(=O)c2ccncc2C#CCN)cn1. The molecule has 108 valence electrons. The van der Waals surface area contributed by atoms with Crippen molar-refractivity contribution in [2.45, 2.75) is 19.9 Å². The zero-order chi connectivity index (χ0) is 15.2. The molecule has 0 saturated heterocycles. The predicted octanol–water partition coefficient (Wildman–Crippen LogP) is 1.42. The number of amides is 1. The van der Waals surface area contributed by atoms with E-state index < -0.39 is 0 Å². The van der Waals surface area contributed by atoms with Crippen molar-refractivity contribution >= 4 is 11.6 Å². The van der Waals surface area contributed by atoms with Crippen LogP contribution < -0.4 is 11.1 Å². The number of carbonyl (C=O) groups excluding carboxylic acids is 1. The second kappa shape index (κ2) is 6.68. The standard InChI is InChI=1S/C15H17N5O/c1-11(2)20-10-13(9-18-20)19-15(21)14-5-7-17-8-12(14)4-3-6-16/h5,7-11H,6,16H2,1-2H3,(H,19,21). The van der Waals surface area contributed by atoms with Gasteiger partial charge >= 0.3 is 0 Å². The molecule has 0 fully saturated rings. The highest BCUT2D eigenvalue weighted by Gasteiger charge is 2.11. The quantitative estimate of drug-likeness (QED) is 0.834. The Bertz CT molecular complexity index is 693. The number of nitrogens with two attached hydrogens (primary N) is 1. The molecular formula is C15H17N5O. The molecule has 2 rings (SSSR count). The van der Waals surface area contributed by atoms with Gasteiger partial charge in [-0.3, -0.25) is 14.5 Å². The first-order valence-corrected chi connectivity index (χ1v) is 6.60. The summed E-state index contributed by atoms with van der Waals surface area (Å²) in [5.41, 5.74) is 7.01. The van der Waals surface area contributed by atoms with Gasteiger partial charge in [0.2, 0.25) is 0 Å². The fourth-order valence-corrected chi connectivity index (χ4v) is 1.72. The minimum absolute atomic E-state index is 0.233. The van der Waals surface area contributed by atoms with Crippen LogP contribution in [-0.4, -0.2) is 27.2 Å². The number of hydrogen-bond donors (Lipinski definition) is 2. The van der Waals surface area contributed by atoms with Crippen LogP contribution in [0.3, 0.4) is 0 Å². The molecule has 0 radical (unpaired) electrons. The normalized spacial score (nSPS) is 10.1. The Labute approximate surface area is 123 Å². The lowest BCUT2D eigenvalue weighted by molar-refractivity contribution is 0.102. The lowest BCUT2D eigenvalue weighted by atomic mass is 10.1. The van der Waals surface area contributed by atoms with Gasteiger partial charge in [0.15, 0.2) is 0 Å². The number of carbonyl (C=O) groups is 1. The number of hydrogen-bond acceptors (Lipinski definition) is 4. The zero-order valence-corrected chi connectivity index (χ0v) is 12.0. The summed E-state index contributed by atoms with van der Waals surface area (Å²) < 4.78 is 1.78. The molecule has 6 heteroatoms. The number of aromatic nitrogens is 3. The molecule has 0 aliphatic rings. The van der Waals surface area contributed by atoms with Crippen LogP contribution in [0.5, 0.6) is 0 Å². The second-order valence-corrected chi connectivity index (χ2v) is 4.68. The van der Waals surface area contributed by atoms with E-state index in [1.165, 1.54) is 0 Å². The molecule has 6 nitrogen and oxygen atoms in total. The monoisotopic (exact) mass is 283 g/mol. The minimum Gasteiger partial charge on any atom is -0.320 e. The first-order chi connectivity index (χ1) is 10.1. The highest BCUT2D eigenvalue weighted by molar-refractivity contribution is 6.05. The molecule has 2 aromatic rings. The van der Waals surface area contributed by atoms with Gasteiger partial charge in [0, 0.05) is 24.6 Å². The van der Waals surface area contributed by atoms with Gasteiger partial charge in [0.05, 0.1) is 29.6 Å². The predicted molar refractivity (Wildman–Crippen MR) is 80.7 cm³/mol. The van der Waals surface area contributed by atoms with Crippen LogP contribution in [0.2, 0.25) is 0 Å². The molecule has 1 amide bonds. The summed E-state index contributed by atoms with van der Waals surface area (Å²) in [6, 6.07) is 1.87. The molecule has 0 bridgehead atoms. The van der Waals surface area contributed by atoms with Crippen LogP contribution in [0.4, 0.5) is 5.69 Å². The van der Waals surface area contributed by atoms with Gasteiger partial charge in [-0.15, -0.1) is 0 Å². The summed E-state index contributed by atoms with van der Waals surface area (Å²) in [5.74, 6) is 5.32. The molecule has 2 heterocycles. The maximum atomic E-state index is 12.3. The first-order valence-electron chi connectivity index (χ1n) is 6.60. The number of pyridine rings is 1. The van der Waals surface area contributed by atoms with Crippen LogP contribution in [0.15, 0.2) is 30.9 Å². The van der Waals surface area contributed by atoms with E-state index in [0.29, 0.717) is 16.8 Å². The number of anilines is 1. The second-order valence-electron chi connectivity index (χ2n) is 4.68. The molecule has 0 aliphatic heterocycles. The Kier molecular flexibility index (Phi) is 4.69. The Hall–Kier alpha value is -2.65. The molecule has 3 N–H and O–H groups in total. The largest absolute Gasteiger partial charge is 0.320 e. The van der Waals surface area contributed by atoms with Crippen LogP contribution in [0, 0.1) is 11.8 Å². The topological polar surface area (TPSA) is 85.8 Å². The van der Waals surface area contributed by atoms with E-state index in [4.69, 9.17) is 5.73 Å². The smallest absolute Gasteiger partial charge is 0.257 e. The van der Waals surface area contributed by atoms with Crippen LogP contribution in [-0.2, 0) is 0 Å². The van der Waals surface area contributed by atoms with Gasteiger partial charge in [-0.2, -0.15) is 5.10 Å². The van der Waals surface area contributed by atoms with Crippen molar-refractivity contribution < 1.29 is 4.79 Å². The third kappa shape index (κ3) is 3.68. The van der Waals surface area contributed by atoms with Crippen molar-refractivity contribution in [3.63, 3.8) is 0 Å². The third-order valence-corrected chi connectivity index (χ3v) is 2.78. The molecule has 2 aromatic heterocycles. The average Bonchev–Trinajstić information content (AvgIpc) is 2.94. The first kappa shape index (κ1) is 14.8. The van der Waals surface area contributed by atoms with Crippen LogP contribution in [0.25, 0.3) is 0 Å². The van der Waals surface area contributed by atoms with E-state index in [0.717, 1.165) is 0 Å². The molecular weight excluding hydrogens is 266 g/mol.